The van der Waals surface area contributed by atoms with E-state index >= 15 is 0 Å². The molecule has 1 aliphatic rings. The Hall–Kier alpha value is -0.330. The molecule has 0 aliphatic carbocycles. The van der Waals surface area contributed by atoms with Crippen molar-refractivity contribution >= 4 is 33.2 Å². The summed E-state index contributed by atoms with van der Waals surface area (Å²) in [4.78, 5) is 0.201. The normalized spacial score (nSPS) is 24.2. The maximum atomic E-state index is 12.9. The summed E-state index contributed by atoms with van der Waals surface area (Å²) in [5, 5.41) is 4.00. The molecule has 0 bridgehead atoms. The van der Waals surface area contributed by atoms with E-state index in [0.29, 0.717) is 18.1 Å². The van der Waals surface area contributed by atoms with Crippen molar-refractivity contribution < 1.29 is 8.42 Å². The molecule has 4 nitrogen and oxygen atoms in total. The summed E-state index contributed by atoms with van der Waals surface area (Å²) in [7, 11) is -3.56. The predicted octanol–water partition coefficient (Wildman–Crippen LogP) is 3.14. The molecule has 7 heteroatoms. The molecule has 0 spiro atoms. The number of hydrogen-bond donors (Lipinski definition) is 1. The van der Waals surface area contributed by atoms with Crippen LogP contribution in [0.4, 0.5) is 0 Å². The molecule has 21 heavy (non-hydrogen) atoms. The van der Waals surface area contributed by atoms with Crippen LogP contribution in [0.15, 0.2) is 23.1 Å². The summed E-state index contributed by atoms with van der Waals surface area (Å²) in [5.74, 6) is 0. The van der Waals surface area contributed by atoms with Gasteiger partial charge in [0, 0.05) is 25.2 Å². The number of sulfonamides is 1. The monoisotopic (exact) mass is 350 g/mol. The van der Waals surface area contributed by atoms with Gasteiger partial charge in [0.2, 0.25) is 10.0 Å². The first-order valence-corrected chi connectivity index (χ1v) is 9.30. The second-order valence-electron chi connectivity index (χ2n) is 5.23. The van der Waals surface area contributed by atoms with E-state index in [-0.39, 0.29) is 22.0 Å². The Kier molecular flexibility index (Phi) is 5.54. The highest BCUT2D eigenvalue weighted by molar-refractivity contribution is 7.89. The molecule has 1 aliphatic heterocycles. The van der Waals surface area contributed by atoms with Crippen molar-refractivity contribution in [2.75, 3.05) is 13.1 Å². The van der Waals surface area contributed by atoms with Gasteiger partial charge in [-0.3, -0.25) is 0 Å². The molecule has 0 aromatic heterocycles. The molecule has 2 rings (SSSR count). The lowest BCUT2D eigenvalue weighted by Gasteiger charge is -2.38. The van der Waals surface area contributed by atoms with Crippen molar-refractivity contribution in [3.63, 3.8) is 0 Å². The third-order valence-electron chi connectivity index (χ3n) is 3.91. The zero-order chi connectivity index (χ0) is 15.6. The lowest BCUT2D eigenvalue weighted by Crippen LogP contribution is -2.57. The molecule has 0 radical (unpaired) electrons. The van der Waals surface area contributed by atoms with E-state index < -0.39 is 10.0 Å². The number of benzene rings is 1. The number of piperazine rings is 1. The maximum Gasteiger partial charge on any atom is 0.243 e. The molecule has 2 unspecified atom stereocenters. The third-order valence-corrected chi connectivity index (χ3v) is 6.56. The van der Waals surface area contributed by atoms with Gasteiger partial charge in [0.1, 0.15) is 0 Å². The van der Waals surface area contributed by atoms with Crippen LogP contribution in [0.5, 0.6) is 0 Å². The summed E-state index contributed by atoms with van der Waals surface area (Å²) in [6.07, 6.45) is 1.66. The fourth-order valence-electron chi connectivity index (χ4n) is 2.52. The Morgan fingerprint density at radius 3 is 2.52 bits per heavy atom. The van der Waals surface area contributed by atoms with Crippen molar-refractivity contribution in [3.8, 4) is 0 Å². The van der Waals surface area contributed by atoms with E-state index in [1.54, 1.807) is 4.31 Å². The quantitative estimate of drug-likeness (QED) is 0.907. The average Bonchev–Trinajstić information content (AvgIpc) is 2.49. The highest BCUT2D eigenvalue weighted by atomic mass is 35.5. The summed E-state index contributed by atoms with van der Waals surface area (Å²) in [6.45, 7) is 5.21. The van der Waals surface area contributed by atoms with Gasteiger partial charge in [-0.25, -0.2) is 8.42 Å². The molecule has 0 amide bonds. The van der Waals surface area contributed by atoms with Crippen LogP contribution in [-0.4, -0.2) is 37.9 Å². The Morgan fingerprint density at radius 2 is 1.95 bits per heavy atom. The second kappa shape index (κ2) is 6.84. The Balaban J connectivity index is 2.37. The third kappa shape index (κ3) is 3.54. The molecular formula is C14H20Cl2N2O2S. The van der Waals surface area contributed by atoms with Crippen molar-refractivity contribution in [1.82, 2.24) is 9.62 Å². The molecule has 1 saturated heterocycles. The lowest BCUT2D eigenvalue weighted by molar-refractivity contribution is 0.215. The first kappa shape index (κ1) is 17.0. The zero-order valence-corrected chi connectivity index (χ0v) is 14.5. The van der Waals surface area contributed by atoms with Crippen molar-refractivity contribution in [2.45, 2.75) is 43.7 Å². The largest absolute Gasteiger partial charge is 0.311 e. The second-order valence-corrected chi connectivity index (χ2v) is 7.93. The summed E-state index contributed by atoms with van der Waals surface area (Å²) < 4.78 is 27.4. The number of halogens is 2. The highest BCUT2D eigenvalue weighted by Gasteiger charge is 2.35. The van der Waals surface area contributed by atoms with Crippen molar-refractivity contribution in [3.05, 3.63) is 28.2 Å². The van der Waals surface area contributed by atoms with Gasteiger partial charge in [-0.05, 0) is 31.0 Å². The SMILES string of the molecule is CCC1CN(S(=O)(=O)c2ccc(Cl)c(Cl)c2)C(CC)CN1. The minimum absolute atomic E-state index is 0.0350. The van der Waals surface area contributed by atoms with Gasteiger partial charge < -0.3 is 5.32 Å². The molecule has 1 aromatic carbocycles. The molecular weight excluding hydrogens is 331 g/mol. The molecule has 1 fully saturated rings. The van der Waals surface area contributed by atoms with Crippen LogP contribution in [-0.2, 0) is 10.0 Å². The van der Waals surface area contributed by atoms with Gasteiger partial charge >= 0.3 is 0 Å². The zero-order valence-electron chi connectivity index (χ0n) is 12.1. The molecule has 2 atom stereocenters. The number of hydrogen-bond acceptors (Lipinski definition) is 3. The predicted molar refractivity (Wildman–Crippen MR) is 86.5 cm³/mol. The van der Waals surface area contributed by atoms with Gasteiger partial charge in [0.15, 0.2) is 0 Å². The molecule has 118 valence electrons. The standard InChI is InChI=1S/C14H20Cl2N2O2S/c1-3-10-9-18(11(4-2)8-17-10)21(19,20)12-5-6-13(15)14(16)7-12/h5-7,10-11,17H,3-4,8-9H2,1-2H3. The first-order chi connectivity index (χ1) is 9.90. The van der Waals surface area contributed by atoms with Crippen LogP contribution < -0.4 is 5.32 Å². The van der Waals surface area contributed by atoms with Crippen LogP contribution in [0.2, 0.25) is 10.0 Å². The van der Waals surface area contributed by atoms with Crippen molar-refractivity contribution in [2.24, 2.45) is 0 Å². The highest BCUT2D eigenvalue weighted by Crippen LogP contribution is 2.28. The first-order valence-electron chi connectivity index (χ1n) is 7.10. The van der Waals surface area contributed by atoms with E-state index in [0.717, 1.165) is 12.8 Å². The van der Waals surface area contributed by atoms with Crippen molar-refractivity contribution in [1.29, 1.82) is 0 Å². The van der Waals surface area contributed by atoms with Crippen LogP contribution in [0.3, 0.4) is 0 Å². The molecule has 1 aromatic rings. The van der Waals surface area contributed by atoms with Gasteiger partial charge in [0.25, 0.3) is 0 Å². The van der Waals surface area contributed by atoms with E-state index in [1.807, 2.05) is 13.8 Å². The van der Waals surface area contributed by atoms with E-state index in [4.69, 9.17) is 23.2 Å². The summed E-state index contributed by atoms with van der Waals surface area (Å²) in [6, 6.07) is 4.61. The van der Waals surface area contributed by atoms with Gasteiger partial charge in [0.05, 0.1) is 14.9 Å². The van der Waals surface area contributed by atoms with Crippen LogP contribution in [0.25, 0.3) is 0 Å². The smallest absolute Gasteiger partial charge is 0.243 e. The number of nitrogens with zero attached hydrogens (tertiary/aromatic N) is 1. The molecule has 1 heterocycles. The van der Waals surface area contributed by atoms with Crippen LogP contribution >= 0.6 is 23.2 Å². The number of nitrogens with one attached hydrogen (secondary N) is 1. The Morgan fingerprint density at radius 1 is 1.24 bits per heavy atom. The fraction of sp³-hybridized carbons (Fsp3) is 0.571. The lowest BCUT2D eigenvalue weighted by atomic mass is 10.1. The van der Waals surface area contributed by atoms with E-state index in [9.17, 15) is 8.42 Å². The van der Waals surface area contributed by atoms with Crippen LogP contribution in [0.1, 0.15) is 26.7 Å². The van der Waals surface area contributed by atoms with Gasteiger partial charge in [-0.15, -0.1) is 0 Å². The fourth-order valence-corrected chi connectivity index (χ4v) is 4.66. The van der Waals surface area contributed by atoms with Gasteiger partial charge in [-0.1, -0.05) is 37.0 Å². The molecule has 0 saturated carbocycles. The van der Waals surface area contributed by atoms with Crippen LogP contribution in [0, 0.1) is 0 Å². The number of rotatable bonds is 4. The maximum absolute atomic E-state index is 12.9. The summed E-state index contributed by atoms with van der Waals surface area (Å²) >= 11 is 11.8. The topological polar surface area (TPSA) is 49.4 Å². The Bertz CT molecular complexity index is 607. The van der Waals surface area contributed by atoms with E-state index in [2.05, 4.69) is 5.32 Å². The minimum Gasteiger partial charge on any atom is -0.311 e. The van der Waals surface area contributed by atoms with Gasteiger partial charge in [-0.2, -0.15) is 4.31 Å². The Labute approximate surface area is 136 Å². The summed E-state index contributed by atoms with van der Waals surface area (Å²) in [5.41, 5.74) is 0. The minimum atomic E-state index is -3.56. The average molecular weight is 351 g/mol. The molecule has 1 N–H and O–H groups in total. The van der Waals surface area contributed by atoms with E-state index in [1.165, 1.54) is 18.2 Å².